The standard InChI is InChI=1S/C22H23FN4O2/c1-21(2,3)27-17-11-14(13-24)10-16(23)19(17)26-20(27)25-18(28)12-22(4,29)15-8-6-5-7-9-15/h5-11,29H,12H2,1-4H3,(H,25,26,28)/t22-/m1/s1. The summed E-state index contributed by atoms with van der Waals surface area (Å²) in [7, 11) is 0. The zero-order valence-corrected chi connectivity index (χ0v) is 16.8. The van der Waals surface area contributed by atoms with Crippen molar-refractivity contribution in [1.29, 1.82) is 5.26 Å². The number of carbonyl (C=O) groups is 1. The van der Waals surface area contributed by atoms with Gasteiger partial charge in [-0.15, -0.1) is 0 Å². The lowest BCUT2D eigenvalue weighted by atomic mass is 9.92. The van der Waals surface area contributed by atoms with Crippen molar-refractivity contribution in [2.24, 2.45) is 0 Å². The fraction of sp³-hybridized carbons (Fsp3) is 0.318. The van der Waals surface area contributed by atoms with Crippen molar-refractivity contribution >= 4 is 22.9 Å². The fourth-order valence-corrected chi connectivity index (χ4v) is 3.34. The van der Waals surface area contributed by atoms with E-state index in [0.29, 0.717) is 11.1 Å². The van der Waals surface area contributed by atoms with Gasteiger partial charge >= 0.3 is 0 Å². The van der Waals surface area contributed by atoms with Crippen LogP contribution in [0.1, 0.15) is 45.2 Å². The van der Waals surface area contributed by atoms with Crippen molar-refractivity contribution in [2.75, 3.05) is 5.32 Å². The smallest absolute Gasteiger partial charge is 0.229 e. The van der Waals surface area contributed by atoms with E-state index in [4.69, 9.17) is 5.26 Å². The minimum atomic E-state index is -1.37. The van der Waals surface area contributed by atoms with E-state index in [-0.39, 0.29) is 23.4 Å². The molecule has 29 heavy (non-hydrogen) atoms. The van der Waals surface area contributed by atoms with Crippen molar-refractivity contribution in [3.05, 3.63) is 59.4 Å². The number of benzene rings is 2. The largest absolute Gasteiger partial charge is 0.385 e. The first-order valence-corrected chi connectivity index (χ1v) is 9.23. The molecule has 1 heterocycles. The SMILES string of the molecule is CC(C)(C)n1c(NC(=O)C[C@@](C)(O)c2ccccc2)nc2c(F)cc(C#N)cc21. The molecule has 1 amide bonds. The number of halogens is 1. The Balaban J connectivity index is 1.99. The molecule has 7 heteroatoms. The minimum absolute atomic E-state index is 0.0732. The monoisotopic (exact) mass is 394 g/mol. The number of hydrogen-bond acceptors (Lipinski definition) is 4. The van der Waals surface area contributed by atoms with E-state index in [1.54, 1.807) is 41.8 Å². The van der Waals surface area contributed by atoms with E-state index in [1.165, 1.54) is 0 Å². The molecule has 0 bridgehead atoms. The highest BCUT2D eigenvalue weighted by Crippen LogP contribution is 2.31. The number of anilines is 1. The van der Waals surface area contributed by atoms with Gasteiger partial charge in [0.2, 0.25) is 11.9 Å². The van der Waals surface area contributed by atoms with Gasteiger partial charge in [0.05, 0.1) is 29.2 Å². The van der Waals surface area contributed by atoms with Crippen molar-refractivity contribution in [3.63, 3.8) is 0 Å². The van der Waals surface area contributed by atoms with Gasteiger partial charge in [-0.1, -0.05) is 30.3 Å². The summed E-state index contributed by atoms with van der Waals surface area (Å²) in [5.74, 6) is -0.926. The third-order valence-electron chi connectivity index (χ3n) is 4.67. The van der Waals surface area contributed by atoms with Crippen LogP contribution in [-0.2, 0) is 15.9 Å². The number of amides is 1. The lowest BCUT2D eigenvalue weighted by Gasteiger charge is -2.26. The zero-order chi connectivity index (χ0) is 21.4. The average molecular weight is 394 g/mol. The lowest BCUT2D eigenvalue weighted by molar-refractivity contribution is -0.120. The summed E-state index contributed by atoms with van der Waals surface area (Å²) in [4.78, 5) is 17.0. The molecule has 2 N–H and O–H groups in total. The Bertz CT molecular complexity index is 1110. The topological polar surface area (TPSA) is 90.9 Å². The van der Waals surface area contributed by atoms with Crippen LogP contribution >= 0.6 is 0 Å². The van der Waals surface area contributed by atoms with Gasteiger partial charge in [0.1, 0.15) is 5.52 Å². The number of imidazole rings is 1. The Morgan fingerprint density at radius 2 is 1.90 bits per heavy atom. The van der Waals surface area contributed by atoms with Gasteiger partial charge in [-0.25, -0.2) is 9.37 Å². The Kier molecular flexibility index (Phi) is 5.16. The van der Waals surface area contributed by atoms with Crippen LogP contribution in [0.5, 0.6) is 0 Å². The molecule has 0 unspecified atom stereocenters. The van der Waals surface area contributed by atoms with E-state index < -0.39 is 22.9 Å². The maximum Gasteiger partial charge on any atom is 0.229 e. The number of nitrogens with zero attached hydrogens (tertiary/aromatic N) is 3. The van der Waals surface area contributed by atoms with Gasteiger partial charge in [-0.2, -0.15) is 5.26 Å². The lowest BCUT2D eigenvalue weighted by Crippen LogP contribution is -2.31. The number of hydrogen-bond donors (Lipinski definition) is 2. The summed E-state index contributed by atoms with van der Waals surface area (Å²) < 4.78 is 16.1. The molecule has 3 rings (SSSR count). The molecule has 150 valence electrons. The predicted molar refractivity (Wildman–Crippen MR) is 109 cm³/mol. The van der Waals surface area contributed by atoms with Crippen molar-refractivity contribution in [3.8, 4) is 6.07 Å². The molecule has 0 saturated heterocycles. The molecule has 0 radical (unpaired) electrons. The predicted octanol–water partition coefficient (Wildman–Crippen LogP) is 4.04. The van der Waals surface area contributed by atoms with E-state index in [2.05, 4.69) is 10.3 Å². The first-order chi connectivity index (χ1) is 13.5. The van der Waals surface area contributed by atoms with Crippen LogP contribution in [0.3, 0.4) is 0 Å². The van der Waals surface area contributed by atoms with Crippen LogP contribution in [0.4, 0.5) is 10.3 Å². The molecule has 0 fully saturated rings. The summed E-state index contributed by atoms with van der Waals surface area (Å²) >= 11 is 0. The molecule has 0 aliphatic rings. The maximum atomic E-state index is 14.5. The van der Waals surface area contributed by atoms with Crippen molar-refractivity contribution < 1.29 is 14.3 Å². The molecule has 1 aromatic heterocycles. The van der Waals surface area contributed by atoms with Crippen LogP contribution in [0.25, 0.3) is 11.0 Å². The molecule has 0 spiro atoms. The molecule has 2 aromatic carbocycles. The molecular weight excluding hydrogens is 371 g/mol. The molecule has 1 atom stereocenters. The second-order valence-electron chi connectivity index (χ2n) is 8.24. The molecule has 3 aromatic rings. The number of fused-ring (bicyclic) bond motifs is 1. The normalized spacial score (nSPS) is 13.7. The van der Waals surface area contributed by atoms with E-state index in [1.807, 2.05) is 32.9 Å². The third-order valence-corrected chi connectivity index (χ3v) is 4.67. The first-order valence-electron chi connectivity index (χ1n) is 9.23. The quantitative estimate of drug-likeness (QED) is 0.699. The number of carbonyl (C=O) groups excluding carboxylic acids is 1. The second kappa shape index (κ2) is 7.30. The summed E-state index contributed by atoms with van der Waals surface area (Å²) in [5.41, 5.74) is -0.638. The number of aliphatic hydroxyl groups is 1. The second-order valence-corrected chi connectivity index (χ2v) is 8.24. The number of rotatable bonds is 4. The highest BCUT2D eigenvalue weighted by atomic mass is 19.1. The average Bonchev–Trinajstić information content (AvgIpc) is 3.00. The molecule has 6 nitrogen and oxygen atoms in total. The molecular formula is C22H23FN4O2. The highest BCUT2D eigenvalue weighted by molar-refractivity contribution is 5.92. The molecule has 0 aliphatic carbocycles. The minimum Gasteiger partial charge on any atom is -0.385 e. The van der Waals surface area contributed by atoms with Gasteiger partial charge in [0, 0.05) is 5.54 Å². The Labute approximate surface area is 168 Å². The summed E-state index contributed by atoms with van der Waals surface area (Å²) in [6.07, 6.45) is -0.198. The van der Waals surface area contributed by atoms with Gasteiger partial charge in [0.25, 0.3) is 0 Å². The zero-order valence-electron chi connectivity index (χ0n) is 16.8. The maximum absolute atomic E-state index is 14.5. The van der Waals surface area contributed by atoms with Gasteiger partial charge in [-0.3, -0.25) is 10.1 Å². The van der Waals surface area contributed by atoms with Crippen molar-refractivity contribution in [1.82, 2.24) is 9.55 Å². The Morgan fingerprint density at radius 3 is 2.48 bits per heavy atom. The first kappa shape index (κ1) is 20.5. The van der Waals surface area contributed by atoms with E-state index >= 15 is 0 Å². The van der Waals surface area contributed by atoms with Gasteiger partial charge < -0.3 is 9.67 Å². The number of aromatic nitrogens is 2. The van der Waals surface area contributed by atoms with E-state index in [9.17, 15) is 14.3 Å². The van der Waals surface area contributed by atoms with Crippen LogP contribution in [0.15, 0.2) is 42.5 Å². The van der Waals surface area contributed by atoms with Gasteiger partial charge in [0.15, 0.2) is 5.82 Å². The Hall–Kier alpha value is -3.24. The number of nitriles is 1. The van der Waals surface area contributed by atoms with Crippen LogP contribution in [0.2, 0.25) is 0 Å². The van der Waals surface area contributed by atoms with Crippen LogP contribution < -0.4 is 5.32 Å². The van der Waals surface area contributed by atoms with Crippen molar-refractivity contribution in [2.45, 2.75) is 45.3 Å². The third kappa shape index (κ3) is 4.13. The summed E-state index contributed by atoms with van der Waals surface area (Å²) in [5, 5.41) is 22.6. The molecule has 0 saturated carbocycles. The number of nitrogens with one attached hydrogen (secondary N) is 1. The summed E-state index contributed by atoms with van der Waals surface area (Å²) in [6.45, 7) is 7.23. The van der Waals surface area contributed by atoms with Gasteiger partial charge in [-0.05, 0) is 45.4 Å². The summed E-state index contributed by atoms with van der Waals surface area (Å²) in [6, 6.07) is 13.5. The highest BCUT2D eigenvalue weighted by Gasteiger charge is 2.29. The molecule has 0 aliphatic heterocycles. The van der Waals surface area contributed by atoms with Crippen LogP contribution in [0, 0.1) is 17.1 Å². The fourth-order valence-electron chi connectivity index (χ4n) is 3.34. The Morgan fingerprint density at radius 1 is 1.24 bits per heavy atom. The van der Waals surface area contributed by atoms with Crippen LogP contribution in [-0.4, -0.2) is 20.6 Å². The van der Waals surface area contributed by atoms with E-state index in [0.717, 1.165) is 6.07 Å².